The Morgan fingerprint density at radius 1 is 1.27 bits per heavy atom. The molecule has 1 aliphatic heterocycles. The highest BCUT2D eigenvalue weighted by Crippen LogP contribution is 2.38. The molecular formula is C11H14BrNO2. The summed E-state index contributed by atoms with van der Waals surface area (Å²) in [7, 11) is 4.06. The van der Waals surface area contributed by atoms with Crippen LogP contribution >= 0.6 is 15.9 Å². The lowest BCUT2D eigenvalue weighted by Gasteiger charge is -2.20. The van der Waals surface area contributed by atoms with Crippen LogP contribution < -0.4 is 9.47 Å². The summed E-state index contributed by atoms with van der Waals surface area (Å²) in [4.78, 5) is 2.30. The molecule has 82 valence electrons. The zero-order valence-corrected chi connectivity index (χ0v) is 10.7. The molecule has 0 N–H and O–H groups in total. The quantitative estimate of drug-likeness (QED) is 0.610. The second kappa shape index (κ2) is 4.02. The first kappa shape index (κ1) is 10.8. The Morgan fingerprint density at radius 3 is 2.47 bits per heavy atom. The summed E-state index contributed by atoms with van der Waals surface area (Å²) < 4.78 is 10.7. The summed E-state index contributed by atoms with van der Waals surface area (Å²) in [5.74, 6) is 1.68. The van der Waals surface area contributed by atoms with Gasteiger partial charge in [0.25, 0.3) is 0 Å². The average Bonchev–Trinajstić information content (AvgIpc) is 2.62. The third-order valence-corrected chi connectivity index (χ3v) is 3.78. The van der Waals surface area contributed by atoms with Crippen LogP contribution in [0.5, 0.6) is 11.5 Å². The number of aryl methyl sites for hydroxylation is 1. The fourth-order valence-electron chi connectivity index (χ4n) is 1.59. The number of fused-ring (bicyclic) bond motifs is 1. The molecule has 2 rings (SSSR count). The van der Waals surface area contributed by atoms with Crippen molar-refractivity contribution < 1.29 is 9.47 Å². The van der Waals surface area contributed by atoms with Gasteiger partial charge in [0.05, 0.1) is 4.95 Å². The summed E-state index contributed by atoms with van der Waals surface area (Å²) in [6.07, 6.45) is 0. The van der Waals surface area contributed by atoms with Crippen molar-refractivity contribution in [3.05, 3.63) is 23.3 Å². The molecule has 1 atom stereocenters. The van der Waals surface area contributed by atoms with Crippen LogP contribution in [0.1, 0.15) is 16.1 Å². The van der Waals surface area contributed by atoms with Gasteiger partial charge < -0.3 is 9.47 Å². The Balaban J connectivity index is 2.40. The molecule has 1 aromatic rings. The highest BCUT2D eigenvalue weighted by molar-refractivity contribution is 9.09. The fraction of sp³-hybridized carbons (Fsp3) is 0.455. The zero-order valence-electron chi connectivity index (χ0n) is 9.08. The van der Waals surface area contributed by atoms with Crippen LogP contribution in [0, 0.1) is 6.92 Å². The lowest BCUT2D eigenvalue weighted by atomic mass is 10.1. The van der Waals surface area contributed by atoms with Gasteiger partial charge in [0.15, 0.2) is 11.5 Å². The number of hydrogen-bond donors (Lipinski definition) is 0. The monoisotopic (exact) mass is 271 g/mol. The molecule has 15 heavy (non-hydrogen) atoms. The SMILES string of the molecule is Cc1cc2c(cc1C(Br)N(C)C)OCO2. The van der Waals surface area contributed by atoms with E-state index in [-0.39, 0.29) is 4.95 Å². The van der Waals surface area contributed by atoms with Crippen LogP contribution in [0.4, 0.5) is 0 Å². The molecular weight excluding hydrogens is 258 g/mol. The Bertz CT molecular complexity index is 379. The van der Waals surface area contributed by atoms with Crippen LogP contribution in [0.15, 0.2) is 12.1 Å². The minimum Gasteiger partial charge on any atom is -0.454 e. The summed E-state index contributed by atoms with van der Waals surface area (Å²) in [5, 5.41) is 0. The molecule has 0 fully saturated rings. The molecule has 1 heterocycles. The number of nitrogens with zero attached hydrogens (tertiary/aromatic N) is 1. The van der Waals surface area contributed by atoms with E-state index in [2.05, 4.69) is 27.8 Å². The molecule has 1 aliphatic rings. The largest absolute Gasteiger partial charge is 0.454 e. The lowest BCUT2D eigenvalue weighted by Crippen LogP contribution is -2.15. The summed E-state index contributed by atoms with van der Waals surface area (Å²) >= 11 is 3.64. The molecule has 1 aromatic carbocycles. The van der Waals surface area contributed by atoms with E-state index in [1.807, 2.05) is 26.2 Å². The molecule has 3 nitrogen and oxygen atoms in total. The van der Waals surface area contributed by atoms with Crippen LogP contribution in [0.25, 0.3) is 0 Å². The van der Waals surface area contributed by atoms with Crippen molar-refractivity contribution in [3.63, 3.8) is 0 Å². The minimum absolute atomic E-state index is 0.201. The molecule has 0 aromatic heterocycles. The maximum Gasteiger partial charge on any atom is 0.231 e. The first-order valence-electron chi connectivity index (χ1n) is 4.80. The van der Waals surface area contributed by atoms with Gasteiger partial charge in [-0.05, 0) is 44.3 Å². The first-order chi connectivity index (χ1) is 7.09. The Labute approximate surface area is 98.1 Å². The van der Waals surface area contributed by atoms with Crippen LogP contribution in [-0.2, 0) is 0 Å². The Hall–Kier alpha value is -0.740. The van der Waals surface area contributed by atoms with Gasteiger partial charge in [-0.2, -0.15) is 0 Å². The maximum atomic E-state index is 5.36. The fourth-order valence-corrected chi connectivity index (χ4v) is 2.09. The minimum atomic E-state index is 0.201. The second-order valence-corrected chi connectivity index (χ2v) is 4.73. The summed E-state index contributed by atoms with van der Waals surface area (Å²) in [6.45, 7) is 2.40. The van der Waals surface area contributed by atoms with E-state index in [1.165, 1.54) is 11.1 Å². The molecule has 0 amide bonds. The molecule has 1 unspecified atom stereocenters. The van der Waals surface area contributed by atoms with E-state index in [1.54, 1.807) is 0 Å². The topological polar surface area (TPSA) is 21.7 Å². The van der Waals surface area contributed by atoms with Gasteiger partial charge >= 0.3 is 0 Å². The van der Waals surface area contributed by atoms with Gasteiger partial charge in [0, 0.05) is 0 Å². The van der Waals surface area contributed by atoms with Crippen molar-refractivity contribution in [3.8, 4) is 11.5 Å². The third kappa shape index (κ3) is 1.96. The van der Waals surface area contributed by atoms with Crippen molar-refractivity contribution in [1.29, 1.82) is 0 Å². The molecule has 0 bridgehead atoms. The summed E-state index contributed by atoms with van der Waals surface area (Å²) in [5.41, 5.74) is 2.42. The van der Waals surface area contributed by atoms with E-state index in [9.17, 15) is 0 Å². The molecule has 0 saturated heterocycles. The number of alkyl halides is 1. The third-order valence-electron chi connectivity index (χ3n) is 2.47. The predicted molar refractivity (Wildman–Crippen MR) is 62.7 cm³/mol. The molecule has 0 radical (unpaired) electrons. The van der Waals surface area contributed by atoms with E-state index >= 15 is 0 Å². The van der Waals surface area contributed by atoms with Crippen LogP contribution in [0.2, 0.25) is 0 Å². The lowest BCUT2D eigenvalue weighted by molar-refractivity contribution is 0.174. The van der Waals surface area contributed by atoms with Crippen molar-refractivity contribution >= 4 is 15.9 Å². The average molecular weight is 272 g/mol. The molecule has 0 saturated carbocycles. The van der Waals surface area contributed by atoms with E-state index in [0.717, 1.165) is 11.5 Å². The normalized spacial score (nSPS) is 15.8. The molecule has 0 spiro atoms. The van der Waals surface area contributed by atoms with Gasteiger partial charge in [-0.3, -0.25) is 4.90 Å². The van der Waals surface area contributed by atoms with Gasteiger partial charge in [0.2, 0.25) is 6.79 Å². The number of ether oxygens (including phenoxy) is 2. The number of benzene rings is 1. The van der Waals surface area contributed by atoms with Crippen LogP contribution in [-0.4, -0.2) is 25.8 Å². The van der Waals surface area contributed by atoms with Crippen molar-refractivity contribution in [2.45, 2.75) is 11.9 Å². The molecule has 4 heteroatoms. The van der Waals surface area contributed by atoms with Crippen molar-refractivity contribution in [2.24, 2.45) is 0 Å². The number of halogens is 1. The van der Waals surface area contributed by atoms with E-state index in [4.69, 9.17) is 9.47 Å². The highest BCUT2D eigenvalue weighted by Gasteiger charge is 2.19. The van der Waals surface area contributed by atoms with Gasteiger partial charge in [-0.25, -0.2) is 0 Å². The number of rotatable bonds is 2. The Kier molecular flexibility index (Phi) is 2.89. The smallest absolute Gasteiger partial charge is 0.231 e. The summed E-state index contributed by atoms with van der Waals surface area (Å²) in [6, 6.07) is 4.06. The van der Waals surface area contributed by atoms with Gasteiger partial charge in [-0.15, -0.1) is 0 Å². The molecule has 0 aliphatic carbocycles. The second-order valence-electron chi connectivity index (χ2n) is 3.86. The standard InChI is InChI=1S/C11H14BrNO2/c1-7-4-9-10(15-6-14-9)5-8(7)11(12)13(2)3/h4-5,11H,6H2,1-3H3. The van der Waals surface area contributed by atoms with E-state index < -0.39 is 0 Å². The highest BCUT2D eigenvalue weighted by atomic mass is 79.9. The van der Waals surface area contributed by atoms with Crippen molar-refractivity contribution in [1.82, 2.24) is 4.90 Å². The maximum absolute atomic E-state index is 5.36. The van der Waals surface area contributed by atoms with E-state index in [0.29, 0.717) is 6.79 Å². The zero-order chi connectivity index (χ0) is 11.0. The number of hydrogen-bond acceptors (Lipinski definition) is 3. The van der Waals surface area contributed by atoms with Gasteiger partial charge in [-0.1, -0.05) is 15.9 Å². The van der Waals surface area contributed by atoms with Crippen molar-refractivity contribution in [2.75, 3.05) is 20.9 Å². The first-order valence-corrected chi connectivity index (χ1v) is 5.72. The van der Waals surface area contributed by atoms with Crippen LogP contribution in [0.3, 0.4) is 0 Å². The van der Waals surface area contributed by atoms with Gasteiger partial charge in [0.1, 0.15) is 0 Å². The Morgan fingerprint density at radius 2 is 1.87 bits per heavy atom. The predicted octanol–water partition coefficient (Wildman–Crippen LogP) is 2.68.